The van der Waals surface area contributed by atoms with Gasteiger partial charge in [-0.3, -0.25) is 5.32 Å². The van der Waals surface area contributed by atoms with Crippen LogP contribution in [-0.4, -0.2) is 29.0 Å². The molecule has 1 atom stereocenters. The van der Waals surface area contributed by atoms with E-state index in [4.69, 9.17) is 11.6 Å². The van der Waals surface area contributed by atoms with Gasteiger partial charge in [0, 0.05) is 11.1 Å². The summed E-state index contributed by atoms with van der Waals surface area (Å²) in [5, 5.41) is 23.5. The van der Waals surface area contributed by atoms with Gasteiger partial charge in [0.25, 0.3) is 0 Å². The van der Waals surface area contributed by atoms with Crippen molar-refractivity contribution in [3.8, 4) is 0 Å². The van der Waals surface area contributed by atoms with Crippen LogP contribution in [0.4, 0.5) is 0 Å². The lowest BCUT2D eigenvalue weighted by atomic mass is 9.83. The molecule has 1 aromatic rings. The molecule has 0 fully saturated rings. The lowest BCUT2D eigenvalue weighted by molar-refractivity contribution is 0.0611. The van der Waals surface area contributed by atoms with E-state index in [2.05, 4.69) is 25.2 Å². The van der Waals surface area contributed by atoms with Gasteiger partial charge in [-0.05, 0) is 41.5 Å². The molecule has 0 saturated heterocycles. The van der Waals surface area contributed by atoms with Crippen molar-refractivity contribution < 1.29 is 10.2 Å². The zero-order valence-electron chi connectivity index (χ0n) is 12.4. The molecule has 0 radical (unpaired) electrons. The molecule has 20 heavy (non-hydrogen) atoms. The first kappa shape index (κ1) is 15.8. The monoisotopic (exact) mass is 297 g/mol. The molecule has 0 heterocycles. The number of aliphatic hydroxyl groups is 2. The second kappa shape index (κ2) is 5.64. The van der Waals surface area contributed by atoms with Crippen LogP contribution in [0, 0.1) is 5.41 Å². The summed E-state index contributed by atoms with van der Waals surface area (Å²) in [6.45, 7) is 6.21. The van der Waals surface area contributed by atoms with Crippen molar-refractivity contribution in [2.45, 2.75) is 45.2 Å². The van der Waals surface area contributed by atoms with E-state index in [0.717, 1.165) is 11.4 Å². The van der Waals surface area contributed by atoms with E-state index in [0.29, 0.717) is 6.42 Å². The molecule has 3 N–H and O–H groups in total. The second-order valence-electron chi connectivity index (χ2n) is 6.54. The number of halogens is 1. The minimum absolute atomic E-state index is 0.0256. The van der Waals surface area contributed by atoms with E-state index in [-0.39, 0.29) is 24.7 Å². The van der Waals surface area contributed by atoms with Gasteiger partial charge in [-0.1, -0.05) is 38.4 Å². The van der Waals surface area contributed by atoms with Gasteiger partial charge in [-0.15, -0.1) is 0 Å². The standard InChI is InChI=1S/C16H24ClNO2/c1-4-16(9-19,10-20)18-14-13-7-12(17)6-5-11(13)8-15(14,2)3/h5-7,14,18-20H,4,8-10H2,1-3H3. The maximum Gasteiger partial charge on any atom is 0.0650 e. The molecular formula is C16H24ClNO2. The van der Waals surface area contributed by atoms with Crippen molar-refractivity contribution in [1.29, 1.82) is 0 Å². The van der Waals surface area contributed by atoms with Gasteiger partial charge in [-0.2, -0.15) is 0 Å². The Kier molecular flexibility index (Phi) is 4.45. The van der Waals surface area contributed by atoms with Gasteiger partial charge in [0.1, 0.15) is 0 Å². The Morgan fingerprint density at radius 3 is 2.55 bits per heavy atom. The molecule has 4 heteroatoms. The van der Waals surface area contributed by atoms with Gasteiger partial charge in [0.15, 0.2) is 0 Å². The van der Waals surface area contributed by atoms with Gasteiger partial charge < -0.3 is 10.2 Å². The first-order valence-corrected chi connectivity index (χ1v) is 7.53. The van der Waals surface area contributed by atoms with Crippen molar-refractivity contribution >= 4 is 11.6 Å². The van der Waals surface area contributed by atoms with Crippen molar-refractivity contribution in [2.24, 2.45) is 5.41 Å². The summed E-state index contributed by atoms with van der Waals surface area (Å²) in [4.78, 5) is 0. The summed E-state index contributed by atoms with van der Waals surface area (Å²) in [6.07, 6.45) is 1.64. The van der Waals surface area contributed by atoms with Gasteiger partial charge in [-0.25, -0.2) is 0 Å². The molecule has 0 bridgehead atoms. The molecule has 1 aromatic carbocycles. The summed E-state index contributed by atoms with van der Waals surface area (Å²) >= 11 is 6.13. The topological polar surface area (TPSA) is 52.5 Å². The summed E-state index contributed by atoms with van der Waals surface area (Å²) in [5.41, 5.74) is 1.85. The SMILES string of the molecule is CCC(CO)(CO)NC1c2cc(Cl)ccc2CC1(C)C. The van der Waals surface area contributed by atoms with Crippen molar-refractivity contribution in [3.63, 3.8) is 0 Å². The Morgan fingerprint density at radius 2 is 2.00 bits per heavy atom. The molecule has 3 nitrogen and oxygen atoms in total. The number of aliphatic hydroxyl groups excluding tert-OH is 2. The predicted molar refractivity (Wildman–Crippen MR) is 82.0 cm³/mol. The highest BCUT2D eigenvalue weighted by atomic mass is 35.5. The minimum Gasteiger partial charge on any atom is -0.394 e. The molecule has 0 aromatic heterocycles. The Morgan fingerprint density at radius 1 is 1.35 bits per heavy atom. The van der Waals surface area contributed by atoms with Crippen LogP contribution in [0.1, 0.15) is 44.4 Å². The summed E-state index contributed by atoms with van der Waals surface area (Å²) in [7, 11) is 0. The van der Waals surface area contributed by atoms with E-state index < -0.39 is 5.54 Å². The molecule has 0 amide bonds. The normalized spacial score (nSPS) is 21.0. The van der Waals surface area contributed by atoms with Crippen LogP contribution in [0.5, 0.6) is 0 Å². The van der Waals surface area contributed by atoms with Gasteiger partial charge in [0.2, 0.25) is 0 Å². The first-order chi connectivity index (χ1) is 9.37. The Hall–Kier alpha value is -0.610. The third-order valence-electron chi connectivity index (χ3n) is 4.58. The molecule has 1 aliphatic rings. The van der Waals surface area contributed by atoms with Crippen molar-refractivity contribution in [1.82, 2.24) is 5.32 Å². The van der Waals surface area contributed by atoms with E-state index >= 15 is 0 Å². The lowest BCUT2D eigenvalue weighted by Gasteiger charge is -2.39. The fraction of sp³-hybridized carbons (Fsp3) is 0.625. The van der Waals surface area contributed by atoms with Crippen LogP contribution in [0.2, 0.25) is 5.02 Å². The molecule has 0 spiro atoms. The van der Waals surface area contributed by atoms with Crippen LogP contribution in [0.3, 0.4) is 0 Å². The fourth-order valence-corrected chi connectivity index (χ4v) is 3.24. The molecule has 2 rings (SSSR count). The largest absolute Gasteiger partial charge is 0.394 e. The lowest BCUT2D eigenvalue weighted by Crippen LogP contribution is -2.54. The molecule has 0 saturated carbocycles. The van der Waals surface area contributed by atoms with Crippen LogP contribution < -0.4 is 5.32 Å². The molecule has 0 aliphatic heterocycles. The second-order valence-corrected chi connectivity index (χ2v) is 6.97. The number of hydrogen-bond acceptors (Lipinski definition) is 3. The quantitative estimate of drug-likeness (QED) is 0.783. The third kappa shape index (κ3) is 2.73. The molecule has 1 aliphatic carbocycles. The molecule has 1 unspecified atom stereocenters. The Bertz CT molecular complexity index is 475. The van der Waals surface area contributed by atoms with E-state index in [9.17, 15) is 10.2 Å². The highest BCUT2D eigenvalue weighted by Crippen LogP contribution is 2.46. The van der Waals surface area contributed by atoms with Crippen LogP contribution in [-0.2, 0) is 6.42 Å². The molecule has 112 valence electrons. The van der Waals surface area contributed by atoms with Crippen molar-refractivity contribution in [3.05, 3.63) is 34.3 Å². The fourth-order valence-electron chi connectivity index (χ4n) is 3.06. The summed E-state index contributed by atoms with van der Waals surface area (Å²) in [5.74, 6) is 0. The zero-order valence-corrected chi connectivity index (χ0v) is 13.2. The number of nitrogens with one attached hydrogen (secondary N) is 1. The average molecular weight is 298 g/mol. The van der Waals surface area contributed by atoms with E-state index in [1.807, 2.05) is 19.1 Å². The number of benzene rings is 1. The first-order valence-electron chi connectivity index (χ1n) is 7.15. The number of rotatable bonds is 5. The smallest absolute Gasteiger partial charge is 0.0650 e. The predicted octanol–water partition coefficient (Wildman–Crippen LogP) is 2.69. The molecular weight excluding hydrogens is 274 g/mol. The minimum atomic E-state index is -0.647. The Balaban J connectivity index is 2.38. The van der Waals surface area contributed by atoms with Crippen LogP contribution >= 0.6 is 11.6 Å². The highest BCUT2D eigenvalue weighted by molar-refractivity contribution is 6.30. The summed E-state index contributed by atoms with van der Waals surface area (Å²) < 4.78 is 0. The van der Waals surface area contributed by atoms with Gasteiger partial charge in [0.05, 0.1) is 18.8 Å². The van der Waals surface area contributed by atoms with Crippen molar-refractivity contribution in [2.75, 3.05) is 13.2 Å². The van der Waals surface area contributed by atoms with Crippen LogP contribution in [0.25, 0.3) is 0 Å². The summed E-state index contributed by atoms with van der Waals surface area (Å²) in [6, 6.07) is 6.07. The third-order valence-corrected chi connectivity index (χ3v) is 4.81. The maximum absolute atomic E-state index is 9.66. The van der Waals surface area contributed by atoms with E-state index in [1.54, 1.807) is 0 Å². The maximum atomic E-state index is 9.66. The highest BCUT2D eigenvalue weighted by Gasteiger charge is 2.42. The average Bonchev–Trinajstić information content (AvgIpc) is 2.66. The number of hydrogen-bond donors (Lipinski definition) is 3. The van der Waals surface area contributed by atoms with Crippen LogP contribution in [0.15, 0.2) is 18.2 Å². The van der Waals surface area contributed by atoms with Gasteiger partial charge >= 0.3 is 0 Å². The number of fused-ring (bicyclic) bond motifs is 1. The van der Waals surface area contributed by atoms with E-state index in [1.165, 1.54) is 11.1 Å². The Labute approximate surface area is 126 Å². The zero-order chi connectivity index (χ0) is 15.0.